The Morgan fingerprint density at radius 3 is 2.44 bits per heavy atom. The number of amides is 1. The van der Waals surface area contributed by atoms with E-state index in [0.717, 1.165) is 28.0 Å². The van der Waals surface area contributed by atoms with Crippen molar-refractivity contribution in [2.45, 2.75) is 51.2 Å². The van der Waals surface area contributed by atoms with Crippen molar-refractivity contribution in [2.75, 3.05) is 6.61 Å². The van der Waals surface area contributed by atoms with E-state index in [1.54, 1.807) is 19.1 Å². The summed E-state index contributed by atoms with van der Waals surface area (Å²) in [4.78, 5) is 13.6. The van der Waals surface area contributed by atoms with Gasteiger partial charge in [0.15, 0.2) is 0 Å². The Kier molecular flexibility index (Phi) is 7.05. The molecule has 6 nitrogen and oxygen atoms in total. The first-order chi connectivity index (χ1) is 16.3. The molecule has 0 saturated heterocycles. The predicted molar refractivity (Wildman–Crippen MR) is 132 cm³/mol. The Morgan fingerprint density at radius 2 is 1.74 bits per heavy atom. The van der Waals surface area contributed by atoms with Crippen LogP contribution in [0.4, 0.5) is 0 Å². The minimum absolute atomic E-state index is 0.160. The van der Waals surface area contributed by atoms with Gasteiger partial charge in [-0.3, -0.25) is 4.79 Å². The molecular formula is C27H30N2O4S. The van der Waals surface area contributed by atoms with Crippen molar-refractivity contribution in [1.82, 2.24) is 9.62 Å². The Bertz CT molecular complexity index is 1290. The largest absolute Gasteiger partial charge is 0.494 e. The summed E-state index contributed by atoms with van der Waals surface area (Å²) >= 11 is 0. The monoisotopic (exact) mass is 478 g/mol. The van der Waals surface area contributed by atoms with E-state index in [1.165, 1.54) is 4.31 Å². The Labute approximate surface area is 201 Å². The maximum atomic E-state index is 13.8. The second kappa shape index (κ2) is 9.99. The van der Waals surface area contributed by atoms with Crippen molar-refractivity contribution < 1.29 is 17.9 Å². The summed E-state index contributed by atoms with van der Waals surface area (Å²) in [6.07, 6.45) is 0.329. The van der Waals surface area contributed by atoms with Crippen LogP contribution in [0.15, 0.2) is 71.6 Å². The van der Waals surface area contributed by atoms with E-state index < -0.39 is 16.1 Å². The van der Waals surface area contributed by atoms with E-state index in [0.29, 0.717) is 25.1 Å². The van der Waals surface area contributed by atoms with Crippen molar-refractivity contribution in [3.8, 4) is 5.75 Å². The molecule has 3 aromatic rings. The number of carbonyl (C=O) groups excluding carboxylic acids is 1. The van der Waals surface area contributed by atoms with Crippen LogP contribution in [0.2, 0.25) is 0 Å². The fourth-order valence-electron chi connectivity index (χ4n) is 4.26. The fourth-order valence-corrected chi connectivity index (χ4v) is 6.14. The molecule has 0 aromatic heterocycles. The van der Waals surface area contributed by atoms with Gasteiger partial charge in [-0.1, -0.05) is 48.5 Å². The zero-order valence-electron chi connectivity index (χ0n) is 19.7. The molecule has 1 aliphatic rings. The highest BCUT2D eigenvalue weighted by molar-refractivity contribution is 7.89. The highest BCUT2D eigenvalue weighted by atomic mass is 32.2. The van der Waals surface area contributed by atoms with Gasteiger partial charge in [0, 0.05) is 13.1 Å². The molecular weight excluding hydrogens is 448 g/mol. The molecule has 178 valence electrons. The molecule has 0 radical (unpaired) electrons. The van der Waals surface area contributed by atoms with E-state index in [1.807, 2.05) is 68.4 Å². The lowest BCUT2D eigenvalue weighted by Gasteiger charge is -2.35. The molecule has 0 bridgehead atoms. The van der Waals surface area contributed by atoms with Crippen LogP contribution in [0, 0.1) is 13.8 Å². The molecule has 1 unspecified atom stereocenters. The van der Waals surface area contributed by atoms with Crippen molar-refractivity contribution in [2.24, 2.45) is 0 Å². The zero-order chi connectivity index (χ0) is 24.3. The number of ether oxygens (including phenoxy) is 1. The molecule has 1 amide bonds. The van der Waals surface area contributed by atoms with E-state index in [4.69, 9.17) is 4.74 Å². The number of aryl methyl sites for hydroxylation is 2. The van der Waals surface area contributed by atoms with Crippen molar-refractivity contribution in [3.63, 3.8) is 0 Å². The number of benzene rings is 3. The summed E-state index contributed by atoms with van der Waals surface area (Å²) in [5.74, 6) is 0.463. The summed E-state index contributed by atoms with van der Waals surface area (Å²) in [6.45, 7) is 6.63. The van der Waals surface area contributed by atoms with Gasteiger partial charge >= 0.3 is 0 Å². The van der Waals surface area contributed by atoms with Crippen LogP contribution in [-0.4, -0.2) is 31.3 Å². The Hall–Kier alpha value is -3.16. The third-order valence-corrected chi connectivity index (χ3v) is 8.14. The Morgan fingerprint density at radius 1 is 1.03 bits per heavy atom. The van der Waals surface area contributed by atoms with Crippen LogP contribution in [0.3, 0.4) is 0 Å². The zero-order valence-corrected chi connectivity index (χ0v) is 20.6. The highest BCUT2D eigenvalue weighted by Crippen LogP contribution is 2.31. The molecule has 3 aromatic carbocycles. The van der Waals surface area contributed by atoms with Crippen molar-refractivity contribution in [1.29, 1.82) is 0 Å². The summed E-state index contributed by atoms with van der Waals surface area (Å²) < 4.78 is 34.4. The smallest absolute Gasteiger partial charge is 0.244 e. The van der Waals surface area contributed by atoms with Gasteiger partial charge in [-0.2, -0.15) is 4.31 Å². The summed E-state index contributed by atoms with van der Waals surface area (Å²) in [7, 11) is -3.89. The number of carbonyl (C=O) groups is 1. The normalized spacial score (nSPS) is 16.0. The standard InChI is InChI=1S/C27H30N2O4S/c1-4-33-24-13-11-21(12-14-24)17-28-27(30)25-16-22-7-5-6-8-23(22)18-29(25)34(31,32)26-15-19(2)9-10-20(26)3/h5-15,25H,4,16-18H2,1-3H3,(H,28,30). The highest BCUT2D eigenvalue weighted by Gasteiger charge is 2.40. The molecule has 1 aliphatic heterocycles. The van der Waals surface area contributed by atoms with Crippen LogP contribution >= 0.6 is 0 Å². The molecule has 1 atom stereocenters. The third kappa shape index (κ3) is 5.00. The Balaban J connectivity index is 1.61. The van der Waals surface area contributed by atoms with Gasteiger partial charge in [0.2, 0.25) is 15.9 Å². The number of hydrogen-bond donors (Lipinski definition) is 1. The number of rotatable bonds is 7. The van der Waals surface area contributed by atoms with Gasteiger partial charge in [0.25, 0.3) is 0 Å². The maximum Gasteiger partial charge on any atom is 0.244 e. The molecule has 7 heteroatoms. The minimum atomic E-state index is -3.89. The second-order valence-electron chi connectivity index (χ2n) is 8.60. The van der Waals surface area contributed by atoms with Crippen LogP contribution in [0.1, 0.15) is 34.7 Å². The number of nitrogens with one attached hydrogen (secondary N) is 1. The van der Waals surface area contributed by atoms with Crippen molar-refractivity contribution in [3.05, 3.63) is 94.5 Å². The van der Waals surface area contributed by atoms with E-state index >= 15 is 0 Å². The maximum absolute atomic E-state index is 13.8. The van der Waals surface area contributed by atoms with Crippen LogP contribution < -0.4 is 10.1 Å². The lowest BCUT2D eigenvalue weighted by Crippen LogP contribution is -2.52. The van der Waals surface area contributed by atoms with Gasteiger partial charge in [0.05, 0.1) is 11.5 Å². The summed E-state index contributed by atoms with van der Waals surface area (Å²) in [6, 6.07) is 19.8. The molecule has 0 spiro atoms. The van der Waals surface area contributed by atoms with Gasteiger partial charge in [-0.05, 0) is 73.2 Å². The average Bonchev–Trinajstić information content (AvgIpc) is 2.84. The van der Waals surface area contributed by atoms with Crippen molar-refractivity contribution >= 4 is 15.9 Å². The number of sulfonamides is 1. The van der Waals surface area contributed by atoms with Crippen LogP contribution in [0.25, 0.3) is 0 Å². The quantitative estimate of drug-likeness (QED) is 0.554. The molecule has 34 heavy (non-hydrogen) atoms. The predicted octanol–water partition coefficient (Wildman–Crippen LogP) is 4.13. The molecule has 1 heterocycles. The first-order valence-electron chi connectivity index (χ1n) is 11.4. The fraction of sp³-hybridized carbons (Fsp3) is 0.296. The van der Waals surface area contributed by atoms with E-state index in [-0.39, 0.29) is 17.3 Å². The first kappa shape index (κ1) is 24.0. The van der Waals surface area contributed by atoms with Gasteiger partial charge in [0.1, 0.15) is 11.8 Å². The number of nitrogens with zero attached hydrogens (tertiary/aromatic N) is 1. The summed E-state index contributed by atoms with van der Waals surface area (Å²) in [5, 5.41) is 2.94. The molecule has 1 N–H and O–H groups in total. The van der Waals surface area contributed by atoms with Gasteiger partial charge in [-0.25, -0.2) is 8.42 Å². The number of fused-ring (bicyclic) bond motifs is 1. The van der Waals surface area contributed by atoms with E-state index in [2.05, 4.69) is 5.32 Å². The first-order valence-corrected chi connectivity index (χ1v) is 12.9. The lowest BCUT2D eigenvalue weighted by molar-refractivity contribution is -0.125. The number of hydrogen-bond acceptors (Lipinski definition) is 4. The second-order valence-corrected chi connectivity index (χ2v) is 10.5. The van der Waals surface area contributed by atoms with Gasteiger partial charge < -0.3 is 10.1 Å². The minimum Gasteiger partial charge on any atom is -0.494 e. The summed E-state index contributed by atoms with van der Waals surface area (Å²) in [5.41, 5.74) is 4.36. The molecule has 0 fully saturated rings. The SMILES string of the molecule is CCOc1ccc(CNC(=O)C2Cc3ccccc3CN2S(=O)(=O)c2cc(C)ccc2C)cc1. The lowest BCUT2D eigenvalue weighted by atomic mass is 9.95. The van der Waals surface area contributed by atoms with Gasteiger partial charge in [-0.15, -0.1) is 0 Å². The molecule has 0 aliphatic carbocycles. The third-order valence-electron chi connectivity index (χ3n) is 6.14. The average molecular weight is 479 g/mol. The van der Waals surface area contributed by atoms with E-state index in [9.17, 15) is 13.2 Å². The van der Waals surface area contributed by atoms with Crippen LogP contribution in [0.5, 0.6) is 5.75 Å². The molecule has 0 saturated carbocycles. The van der Waals surface area contributed by atoms with Crippen LogP contribution in [-0.2, 0) is 34.3 Å². The topological polar surface area (TPSA) is 75.7 Å². The molecule has 4 rings (SSSR count).